The number of hydrogen-bond acceptors (Lipinski definition) is 3. The first-order chi connectivity index (χ1) is 11.3. The maximum Gasteiger partial charge on any atom is 0.524 e. The fraction of sp³-hybridized carbons (Fsp3) is 0.333. The molecule has 0 fully saturated rings. The number of phosphoric acid groups is 1. The summed E-state index contributed by atoms with van der Waals surface area (Å²) in [6.45, 7) is -5.91. The molecule has 0 radical (unpaired) electrons. The summed E-state index contributed by atoms with van der Waals surface area (Å²) >= 11 is 0. The fourth-order valence-electron chi connectivity index (χ4n) is 1.85. The Hall–Kier alpha value is -1.33. The summed E-state index contributed by atoms with van der Waals surface area (Å²) in [7, 11) is -4.78. The summed E-state index contributed by atoms with van der Waals surface area (Å²) in [5.41, 5.74) is 1.01. The molecule has 0 atom stereocenters. The molecule has 0 unspecified atom stereocenters. The first-order valence-electron chi connectivity index (χ1n) is 8.41. The van der Waals surface area contributed by atoms with E-state index in [0.29, 0.717) is 21.4 Å². The van der Waals surface area contributed by atoms with E-state index < -0.39 is 21.8 Å². The summed E-state index contributed by atoms with van der Waals surface area (Å²) in [5.74, 6) is -0.0728. The number of nitrogens with zero attached hydrogens (tertiary/aromatic N) is 1. The molecule has 3 N–H and O–H groups in total. The number of hydrogen-bond donors (Lipinski definition) is 3. The van der Waals surface area contributed by atoms with Gasteiger partial charge in [-0.15, -0.1) is 0 Å². The molecule has 0 spiro atoms. The van der Waals surface area contributed by atoms with Crippen LogP contribution in [0.1, 0.15) is 13.8 Å². The van der Waals surface area contributed by atoms with Crippen LogP contribution in [0.15, 0.2) is 24.4 Å². The number of nitrogens with one attached hydrogen (secondary N) is 1. The SMILES string of the molecule is [2H]C([2H])([2H])N(CCc1c[nH]c2cccc(OP(=O)(O)O)c12)C([2H])([2H])[2H]. The number of fused-ring (bicyclic) bond motifs is 1. The molecular formula is C12H17N2O4P. The largest absolute Gasteiger partial charge is 0.524 e. The van der Waals surface area contributed by atoms with Crippen LogP contribution < -0.4 is 4.52 Å². The van der Waals surface area contributed by atoms with E-state index >= 15 is 0 Å². The summed E-state index contributed by atoms with van der Waals surface area (Å²) in [4.78, 5) is 21.3. The molecule has 1 aromatic heterocycles. The van der Waals surface area contributed by atoms with E-state index in [1.54, 1.807) is 6.07 Å². The highest BCUT2D eigenvalue weighted by Crippen LogP contribution is 2.41. The van der Waals surface area contributed by atoms with Crippen molar-refractivity contribution >= 4 is 18.7 Å². The van der Waals surface area contributed by atoms with Crippen molar-refractivity contribution in [1.82, 2.24) is 9.88 Å². The van der Waals surface area contributed by atoms with Crippen molar-refractivity contribution < 1.29 is 27.1 Å². The second-order valence-corrected chi connectivity index (χ2v) is 5.14. The van der Waals surface area contributed by atoms with Gasteiger partial charge in [0.1, 0.15) is 5.75 Å². The molecule has 6 nitrogen and oxygen atoms in total. The van der Waals surface area contributed by atoms with Crippen LogP contribution in [0.4, 0.5) is 0 Å². The molecule has 1 heterocycles. The van der Waals surface area contributed by atoms with Gasteiger partial charge in [-0.05, 0) is 38.1 Å². The first-order valence-corrected chi connectivity index (χ1v) is 6.94. The highest BCUT2D eigenvalue weighted by atomic mass is 31.2. The Balaban J connectivity index is 2.34. The molecule has 0 bridgehead atoms. The normalized spacial score (nSPS) is 18.3. The number of aromatic amines is 1. The molecule has 0 saturated heterocycles. The lowest BCUT2D eigenvalue weighted by Crippen LogP contribution is -2.14. The first kappa shape index (κ1) is 8.07. The Labute approximate surface area is 119 Å². The smallest absolute Gasteiger partial charge is 0.404 e. The van der Waals surface area contributed by atoms with Crippen molar-refractivity contribution in [1.29, 1.82) is 0 Å². The minimum Gasteiger partial charge on any atom is -0.404 e. The third-order valence-electron chi connectivity index (χ3n) is 2.57. The Kier molecular flexibility index (Phi) is 2.27. The average molecular weight is 290 g/mol. The topological polar surface area (TPSA) is 85.8 Å². The van der Waals surface area contributed by atoms with Crippen molar-refractivity contribution in [2.24, 2.45) is 0 Å². The Morgan fingerprint density at radius 1 is 1.47 bits per heavy atom. The third-order valence-corrected chi connectivity index (χ3v) is 3.01. The van der Waals surface area contributed by atoms with Crippen LogP contribution >= 0.6 is 7.82 Å². The fourth-order valence-corrected chi connectivity index (χ4v) is 2.26. The van der Waals surface area contributed by atoms with E-state index in [-0.39, 0.29) is 18.7 Å². The molecule has 0 saturated carbocycles. The quantitative estimate of drug-likeness (QED) is 0.730. The van der Waals surface area contributed by atoms with Gasteiger partial charge in [0.25, 0.3) is 0 Å². The van der Waals surface area contributed by atoms with Crippen LogP contribution in [0.2, 0.25) is 0 Å². The van der Waals surface area contributed by atoms with Gasteiger partial charge in [-0.1, -0.05) is 6.07 Å². The lowest BCUT2D eigenvalue weighted by molar-refractivity contribution is 0.284. The van der Waals surface area contributed by atoms with Crippen LogP contribution in [-0.2, 0) is 11.0 Å². The lowest BCUT2D eigenvalue weighted by atomic mass is 10.1. The van der Waals surface area contributed by atoms with Crippen LogP contribution in [0.25, 0.3) is 10.9 Å². The van der Waals surface area contributed by atoms with Gasteiger partial charge >= 0.3 is 7.82 Å². The van der Waals surface area contributed by atoms with E-state index in [0.717, 1.165) is 0 Å². The zero-order valence-corrected chi connectivity index (χ0v) is 10.7. The maximum atomic E-state index is 11.1. The molecule has 2 aromatic rings. The second-order valence-electron chi connectivity index (χ2n) is 3.98. The predicted molar refractivity (Wildman–Crippen MR) is 73.2 cm³/mol. The molecule has 7 heteroatoms. The van der Waals surface area contributed by atoms with Crippen LogP contribution in [-0.4, -0.2) is 40.2 Å². The molecule has 1 aromatic carbocycles. The van der Waals surface area contributed by atoms with Crippen molar-refractivity contribution in [3.63, 3.8) is 0 Å². The van der Waals surface area contributed by atoms with E-state index in [4.69, 9.17) is 18.0 Å². The second kappa shape index (κ2) is 5.35. The minimum atomic E-state index is -4.78. The van der Waals surface area contributed by atoms with E-state index in [1.165, 1.54) is 18.3 Å². The van der Waals surface area contributed by atoms with Crippen molar-refractivity contribution in [2.45, 2.75) is 6.42 Å². The number of aromatic nitrogens is 1. The van der Waals surface area contributed by atoms with E-state index in [1.807, 2.05) is 0 Å². The van der Waals surface area contributed by atoms with Gasteiger partial charge in [-0.25, -0.2) is 4.57 Å². The molecule has 0 amide bonds. The van der Waals surface area contributed by atoms with E-state index in [9.17, 15) is 4.57 Å². The number of phosphoric ester groups is 1. The molecule has 0 aliphatic carbocycles. The van der Waals surface area contributed by atoms with E-state index in [2.05, 4.69) is 9.51 Å². The summed E-state index contributed by atoms with van der Waals surface area (Å²) < 4.78 is 59.9. The predicted octanol–water partition coefficient (Wildman–Crippen LogP) is 1.74. The highest BCUT2D eigenvalue weighted by Gasteiger charge is 2.19. The molecular weight excluding hydrogens is 267 g/mol. The highest BCUT2D eigenvalue weighted by molar-refractivity contribution is 7.46. The molecule has 104 valence electrons. The number of benzene rings is 1. The van der Waals surface area contributed by atoms with Crippen LogP contribution in [0.5, 0.6) is 5.75 Å². The standard InChI is InChI=1S/C12H17N2O4P/c1-14(2)7-6-9-8-13-10-4-3-5-11(12(9)10)18-19(15,16)17/h3-5,8,13H,6-7H2,1-2H3,(H2,15,16,17)/i1D3,2D3. The third kappa shape index (κ3) is 3.58. The molecule has 2 rings (SSSR count). The van der Waals surface area contributed by atoms with Crippen molar-refractivity contribution in [3.05, 3.63) is 30.0 Å². The zero-order valence-electron chi connectivity index (χ0n) is 15.8. The Morgan fingerprint density at radius 2 is 2.26 bits per heavy atom. The van der Waals surface area contributed by atoms with Crippen molar-refractivity contribution in [2.75, 3.05) is 20.5 Å². The van der Waals surface area contributed by atoms with Gasteiger partial charge in [0.15, 0.2) is 0 Å². The van der Waals surface area contributed by atoms with Crippen molar-refractivity contribution in [3.8, 4) is 5.75 Å². The number of likely N-dealkylation sites (N-methyl/N-ethyl adjacent to an activating group) is 1. The van der Waals surface area contributed by atoms with Gasteiger partial charge in [0.2, 0.25) is 0 Å². The number of H-pyrrole nitrogens is 1. The Bertz CT molecular complexity index is 783. The van der Waals surface area contributed by atoms with Gasteiger partial charge in [-0.3, -0.25) is 9.79 Å². The Morgan fingerprint density at radius 3 is 2.95 bits per heavy atom. The zero-order chi connectivity index (χ0) is 19.0. The number of rotatable bonds is 5. The molecule has 19 heavy (non-hydrogen) atoms. The molecule has 0 aliphatic heterocycles. The lowest BCUT2D eigenvalue weighted by Gasteiger charge is -2.11. The van der Waals surface area contributed by atoms with Gasteiger partial charge < -0.3 is 14.4 Å². The monoisotopic (exact) mass is 290 g/mol. The summed E-state index contributed by atoms with van der Waals surface area (Å²) in [5, 5.41) is 0.363. The maximum absolute atomic E-state index is 11.1. The summed E-state index contributed by atoms with van der Waals surface area (Å²) in [6, 6.07) is 4.55. The van der Waals surface area contributed by atoms with Gasteiger partial charge in [0.05, 0.1) is 0 Å². The average Bonchev–Trinajstić information content (AvgIpc) is 2.78. The van der Waals surface area contributed by atoms with Crippen LogP contribution in [0.3, 0.4) is 0 Å². The van der Waals surface area contributed by atoms with Crippen LogP contribution in [0, 0.1) is 0 Å². The molecule has 0 aliphatic rings. The minimum absolute atomic E-state index is 0.0261. The van der Waals surface area contributed by atoms with Gasteiger partial charge in [-0.2, -0.15) is 0 Å². The summed E-state index contributed by atoms with van der Waals surface area (Å²) in [6.07, 6.45) is 1.55. The van der Waals surface area contributed by atoms with Gasteiger partial charge in [0, 0.05) is 31.9 Å².